The molecule has 0 bridgehead atoms. The second-order valence-corrected chi connectivity index (χ2v) is 5.36. The molecule has 0 aliphatic carbocycles. The van der Waals surface area contributed by atoms with Gasteiger partial charge in [-0.1, -0.05) is 0 Å². The van der Waals surface area contributed by atoms with Crippen LogP contribution in [-0.4, -0.2) is 24.0 Å². The van der Waals surface area contributed by atoms with Crippen LogP contribution >= 0.6 is 11.3 Å². The first-order valence-electron chi connectivity index (χ1n) is 6.17. The van der Waals surface area contributed by atoms with E-state index < -0.39 is 0 Å². The summed E-state index contributed by atoms with van der Waals surface area (Å²) >= 11 is 1.66. The van der Waals surface area contributed by atoms with Gasteiger partial charge in [0.25, 0.3) is 0 Å². The van der Waals surface area contributed by atoms with Gasteiger partial charge in [0.05, 0.1) is 0 Å². The zero-order valence-corrected chi connectivity index (χ0v) is 11.3. The number of nitrogen functional groups attached to an aromatic ring is 1. The Morgan fingerprint density at radius 3 is 2.63 bits per heavy atom. The third kappa shape index (κ3) is 2.42. The zero-order chi connectivity index (χ0) is 13.2. The molecule has 2 N–H and O–H groups in total. The Morgan fingerprint density at radius 1 is 1.16 bits per heavy atom. The van der Waals surface area contributed by atoms with Crippen LogP contribution in [0.15, 0.2) is 41.1 Å². The van der Waals surface area contributed by atoms with Gasteiger partial charge in [-0.15, -0.1) is 0 Å². The largest absolute Gasteiger partial charge is 0.399 e. The van der Waals surface area contributed by atoms with Crippen molar-refractivity contribution in [1.29, 1.82) is 0 Å². The van der Waals surface area contributed by atoms with E-state index in [9.17, 15) is 4.79 Å². The summed E-state index contributed by atoms with van der Waals surface area (Å²) in [5.41, 5.74) is 8.48. The van der Waals surface area contributed by atoms with Crippen molar-refractivity contribution in [2.24, 2.45) is 0 Å². The molecule has 2 heterocycles. The highest BCUT2D eigenvalue weighted by Gasteiger charge is 2.29. The lowest BCUT2D eigenvalue weighted by atomic mass is 10.2. The van der Waals surface area contributed by atoms with Gasteiger partial charge in [-0.05, 0) is 46.7 Å². The Bertz CT molecular complexity index is 565. The molecule has 1 aromatic heterocycles. The summed E-state index contributed by atoms with van der Waals surface area (Å²) in [6.45, 7) is 2.18. The number of nitrogens with zero attached hydrogens (tertiary/aromatic N) is 2. The summed E-state index contributed by atoms with van der Waals surface area (Å²) in [5, 5.41) is 4.12. The van der Waals surface area contributed by atoms with Gasteiger partial charge in [0.1, 0.15) is 0 Å². The monoisotopic (exact) mass is 273 g/mol. The predicted molar refractivity (Wildman–Crippen MR) is 78.3 cm³/mol. The van der Waals surface area contributed by atoms with Gasteiger partial charge < -0.3 is 10.6 Å². The summed E-state index contributed by atoms with van der Waals surface area (Å²) in [7, 11) is 0. The number of carbonyl (C=O) groups is 1. The molecule has 0 radical (unpaired) electrons. The molecule has 0 atom stereocenters. The summed E-state index contributed by atoms with van der Waals surface area (Å²) in [5.74, 6) is 0. The number of benzene rings is 1. The van der Waals surface area contributed by atoms with Crippen LogP contribution in [0.1, 0.15) is 5.56 Å². The van der Waals surface area contributed by atoms with Crippen molar-refractivity contribution < 1.29 is 4.79 Å². The average Bonchev–Trinajstić information content (AvgIpc) is 3.03. The molecule has 4 nitrogen and oxygen atoms in total. The lowest BCUT2D eigenvalue weighted by Crippen LogP contribution is -2.31. The van der Waals surface area contributed by atoms with Crippen molar-refractivity contribution in [2.75, 3.05) is 23.7 Å². The van der Waals surface area contributed by atoms with Gasteiger partial charge in [0, 0.05) is 31.0 Å². The molecular weight excluding hydrogens is 258 g/mol. The lowest BCUT2D eigenvalue weighted by molar-refractivity contribution is 0.219. The van der Waals surface area contributed by atoms with Crippen molar-refractivity contribution in [3.8, 4) is 0 Å². The average molecular weight is 273 g/mol. The van der Waals surface area contributed by atoms with E-state index in [2.05, 4.69) is 11.4 Å². The molecule has 0 unspecified atom stereocenters. The maximum atomic E-state index is 12.3. The van der Waals surface area contributed by atoms with Gasteiger partial charge in [-0.2, -0.15) is 11.3 Å². The maximum absolute atomic E-state index is 12.3. The third-order valence-electron chi connectivity index (χ3n) is 3.25. The zero-order valence-electron chi connectivity index (χ0n) is 10.5. The topological polar surface area (TPSA) is 49.6 Å². The van der Waals surface area contributed by atoms with Crippen LogP contribution in [0.3, 0.4) is 0 Å². The quantitative estimate of drug-likeness (QED) is 0.874. The van der Waals surface area contributed by atoms with Crippen LogP contribution < -0.4 is 10.6 Å². The van der Waals surface area contributed by atoms with E-state index >= 15 is 0 Å². The SMILES string of the molecule is Nc1ccc(N2CCN(Cc3ccsc3)C2=O)cc1. The second kappa shape index (κ2) is 4.93. The first-order valence-corrected chi connectivity index (χ1v) is 7.11. The molecule has 0 spiro atoms. The predicted octanol–water partition coefficient (Wildman–Crippen LogP) is 2.77. The molecule has 1 saturated heterocycles. The van der Waals surface area contributed by atoms with Gasteiger partial charge in [-0.25, -0.2) is 4.79 Å². The van der Waals surface area contributed by atoms with Crippen LogP contribution in [-0.2, 0) is 6.54 Å². The van der Waals surface area contributed by atoms with E-state index in [1.54, 1.807) is 16.2 Å². The minimum absolute atomic E-state index is 0.0657. The third-order valence-corrected chi connectivity index (χ3v) is 3.99. The molecule has 3 rings (SSSR count). The van der Waals surface area contributed by atoms with E-state index in [0.29, 0.717) is 12.2 Å². The molecule has 2 aromatic rings. The molecule has 1 aliphatic rings. The van der Waals surface area contributed by atoms with E-state index in [0.717, 1.165) is 18.8 Å². The second-order valence-electron chi connectivity index (χ2n) is 4.58. The van der Waals surface area contributed by atoms with Gasteiger partial charge >= 0.3 is 6.03 Å². The Balaban J connectivity index is 1.73. The Hall–Kier alpha value is -2.01. The van der Waals surface area contributed by atoms with Crippen LogP contribution in [0.25, 0.3) is 0 Å². The van der Waals surface area contributed by atoms with Crippen LogP contribution in [0.4, 0.5) is 16.2 Å². The van der Waals surface area contributed by atoms with Gasteiger partial charge in [0.15, 0.2) is 0 Å². The molecule has 98 valence electrons. The highest BCUT2D eigenvalue weighted by molar-refractivity contribution is 7.07. The first kappa shape index (κ1) is 12.0. The molecule has 19 heavy (non-hydrogen) atoms. The number of nitrogens with two attached hydrogens (primary N) is 1. The normalized spacial score (nSPS) is 15.3. The molecule has 0 saturated carbocycles. The maximum Gasteiger partial charge on any atom is 0.324 e. The number of urea groups is 1. The highest BCUT2D eigenvalue weighted by Crippen LogP contribution is 2.23. The van der Waals surface area contributed by atoms with Crippen LogP contribution in [0.2, 0.25) is 0 Å². The van der Waals surface area contributed by atoms with Gasteiger partial charge in [-0.3, -0.25) is 4.90 Å². The molecule has 5 heteroatoms. The number of rotatable bonds is 3. The number of carbonyl (C=O) groups excluding carboxylic acids is 1. The molecular formula is C14H15N3OS. The number of hydrogen-bond acceptors (Lipinski definition) is 3. The minimum atomic E-state index is 0.0657. The fourth-order valence-electron chi connectivity index (χ4n) is 2.23. The van der Waals surface area contributed by atoms with E-state index in [-0.39, 0.29) is 6.03 Å². The molecule has 1 fully saturated rings. The van der Waals surface area contributed by atoms with Crippen molar-refractivity contribution in [2.45, 2.75) is 6.54 Å². The number of anilines is 2. The van der Waals surface area contributed by atoms with Crippen molar-refractivity contribution in [1.82, 2.24) is 4.90 Å². The van der Waals surface area contributed by atoms with E-state index in [1.807, 2.05) is 34.5 Å². The number of hydrogen-bond donors (Lipinski definition) is 1. The lowest BCUT2D eigenvalue weighted by Gasteiger charge is -2.18. The summed E-state index contributed by atoms with van der Waals surface area (Å²) < 4.78 is 0. The van der Waals surface area contributed by atoms with E-state index in [1.165, 1.54) is 5.56 Å². The Kier molecular flexibility index (Phi) is 3.13. The van der Waals surface area contributed by atoms with Gasteiger partial charge in [0.2, 0.25) is 0 Å². The number of amides is 2. The minimum Gasteiger partial charge on any atom is -0.399 e. The fraction of sp³-hybridized carbons (Fsp3) is 0.214. The highest BCUT2D eigenvalue weighted by atomic mass is 32.1. The van der Waals surface area contributed by atoms with Crippen LogP contribution in [0.5, 0.6) is 0 Å². The standard InChI is InChI=1S/C14H15N3OS/c15-12-1-3-13(4-2-12)17-7-6-16(14(17)18)9-11-5-8-19-10-11/h1-5,8,10H,6-7,9,15H2. The summed E-state index contributed by atoms with van der Waals surface area (Å²) in [4.78, 5) is 16.0. The molecule has 1 aromatic carbocycles. The molecule has 2 amide bonds. The Labute approximate surface area is 116 Å². The summed E-state index contributed by atoms with van der Waals surface area (Å²) in [6.07, 6.45) is 0. The Morgan fingerprint density at radius 2 is 1.95 bits per heavy atom. The van der Waals surface area contributed by atoms with E-state index in [4.69, 9.17) is 5.73 Å². The smallest absolute Gasteiger partial charge is 0.324 e. The number of thiophene rings is 1. The van der Waals surface area contributed by atoms with Crippen LogP contribution in [0, 0.1) is 0 Å². The fourth-order valence-corrected chi connectivity index (χ4v) is 2.89. The first-order chi connectivity index (χ1) is 9.24. The van der Waals surface area contributed by atoms with Crippen molar-refractivity contribution >= 4 is 28.7 Å². The molecule has 1 aliphatic heterocycles. The summed E-state index contributed by atoms with van der Waals surface area (Å²) in [6, 6.07) is 9.55. The van der Waals surface area contributed by atoms with Crippen molar-refractivity contribution in [3.63, 3.8) is 0 Å². The van der Waals surface area contributed by atoms with Crippen molar-refractivity contribution in [3.05, 3.63) is 46.7 Å².